The highest BCUT2D eigenvalue weighted by Crippen LogP contribution is 2.33. The Morgan fingerprint density at radius 2 is 1.73 bits per heavy atom. The molecule has 0 atom stereocenters. The number of carbonyl (C=O) groups excluding carboxylic acids is 1. The summed E-state index contributed by atoms with van der Waals surface area (Å²) in [5, 5.41) is 3.18. The zero-order chi connectivity index (χ0) is 21.1. The molecule has 1 aromatic carbocycles. The maximum atomic E-state index is 12.8. The summed E-state index contributed by atoms with van der Waals surface area (Å²) >= 11 is 0. The van der Waals surface area contributed by atoms with Crippen LogP contribution in [0.2, 0.25) is 0 Å². The number of amidine groups is 1. The molecule has 2 heterocycles. The molecule has 2 aliphatic heterocycles. The maximum Gasteiger partial charge on any atom is 0.317 e. The Morgan fingerprint density at radius 1 is 1.00 bits per heavy atom. The van der Waals surface area contributed by atoms with E-state index in [1.807, 2.05) is 34.9 Å². The number of nitrogens with zero attached hydrogens (tertiary/aromatic N) is 3. The molecule has 0 bridgehead atoms. The van der Waals surface area contributed by atoms with Crippen LogP contribution in [0.4, 0.5) is 4.79 Å². The van der Waals surface area contributed by atoms with Gasteiger partial charge in [0, 0.05) is 37.8 Å². The first kappa shape index (κ1) is 20.9. The molecule has 7 nitrogen and oxygen atoms in total. The average molecular weight is 431 g/mol. The molecule has 2 amide bonds. The van der Waals surface area contributed by atoms with Crippen LogP contribution in [0.15, 0.2) is 40.3 Å². The Morgan fingerprint density at radius 3 is 2.47 bits per heavy atom. The Balaban J connectivity index is 1.45. The lowest BCUT2D eigenvalue weighted by atomic mass is 9.96. The number of sulfonamides is 1. The van der Waals surface area contributed by atoms with Crippen molar-refractivity contribution in [2.45, 2.75) is 51.5 Å². The zero-order valence-corrected chi connectivity index (χ0v) is 18.3. The number of rotatable bonds is 2. The summed E-state index contributed by atoms with van der Waals surface area (Å²) in [7, 11) is -3.72. The van der Waals surface area contributed by atoms with Crippen LogP contribution in [-0.2, 0) is 10.0 Å². The third-order valence-electron chi connectivity index (χ3n) is 6.19. The number of urea groups is 1. The fraction of sp³-hybridized carbons (Fsp3) is 0.545. The monoisotopic (exact) mass is 430 g/mol. The topological polar surface area (TPSA) is 82.1 Å². The van der Waals surface area contributed by atoms with E-state index in [4.69, 9.17) is 0 Å². The van der Waals surface area contributed by atoms with Crippen molar-refractivity contribution in [2.75, 3.05) is 26.2 Å². The maximum absolute atomic E-state index is 12.8. The predicted molar refractivity (Wildman–Crippen MR) is 119 cm³/mol. The highest BCUT2D eigenvalue weighted by molar-refractivity contribution is 8.00. The van der Waals surface area contributed by atoms with E-state index in [0.29, 0.717) is 43.2 Å². The molecule has 1 N–H and O–H groups in total. The van der Waals surface area contributed by atoms with Gasteiger partial charge in [0.2, 0.25) is 0 Å². The minimum absolute atomic E-state index is 0.00182. The number of benzene rings is 1. The number of hydrogen-bond acceptors (Lipinski definition) is 4. The molecule has 0 spiro atoms. The SMILES string of the molecule is CC1=C(c2ccccc2)S(=O)(=O)N=C1N1CCCN(C(=O)NC2CCCCC2)CC1. The van der Waals surface area contributed by atoms with Gasteiger partial charge in [0.05, 0.1) is 0 Å². The highest BCUT2D eigenvalue weighted by atomic mass is 32.2. The summed E-state index contributed by atoms with van der Waals surface area (Å²) in [6, 6.07) is 9.42. The lowest BCUT2D eigenvalue weighted by Gasteiger charge is -2.28. The van der Waals surface area contributed by atoms with E-state index >= 15 is 0 Å². The number of amides is 2. The van der Waals surface area contributed by atoms with E-state index in [1.54, 1.807) is 12.1 Å². The molecule has 1 aliphatic carbocycles. The van der Waals surface area contributed by atoms with Gasteiger partial charge in [-0.1, -0.05) is 49.6 Å². The van der Waals surface area contributed by atoms with Crippen molar-refractivity contribution in [2.24, 2.45) is 4.40 Å². The molecule has 2 fully saturated rings. The van der Waals surface area contributed by atoms with Gasteiger partial charge in [-0.05, 0) is 31.7 Å². The number of carbonyl (C=O) groups is 1. The number of hydrogen-bond donors (Lipinski definition) is 1. The van der Waals surface area contributed by atoms with Crippen molar-refractivity contribution < 1.29 is 13.2 Å². The van der Waals surface area contributed by atoms with E-state index in [-0.39, 0.29) is 17.0 Å². The Bertz CT molecular complexity index is 950. The van der Waals surface area contributed by atoms with E-state index in [0.717, 1.165) is 19.3 Å². The molecular formula is C22H30N4O3S. The Hall–Kier alpha value is -2.35. The molecule has 1 aromatic rings. The summed E-state index contributed by atoms with van der Waals surface area (Å²) in [5.74, 6) is 0.517. The second-order valence-electron chi connectivity index (χ2n) is 8.32. The van der Waals surface area contributed by atoms with Gasteiger partial charge in [-0.2, -0.15) is 8.42 Å². The second kappa shape index (κ2) is 8.79. The summed E-state index contributed by atoms with van der Waals surface area (Å²) < 4.78 is 29.6. The first-order chi connectivity index (χ1) is 14.5. The van der Waals surface area contributed by atoms with Gasteiger partial charge in [0.15, 0.2) is 0 Å². The van der Waals surface area contributed by atoms with Gasteiger partial charge in [-0.3, -0.25) is 0 Å². The molecular weight excluding hydrogens is 400 g/mol. The summed E-state index contributed by atoms with van der Waals surface area (Å²) in [6.07, 6.45) is 6.53. The molecule has 162 valence electrons. The van der Waals surface area contributed by atoms with Gasteiger partial charge in [0.1, 0.15) is 10.7 Å². The minimum Gasteiger partial charge on any atom is -0.354 e. The van der Waals surface area contributed by atoms with Gasteiger partial charge >= 0.3 is 6.03 Å². The molecule has 1 saturated heterocycles. The van der Waals surface area contributed by atoms with Crippen LogP contribution < -0.4 is 5.32 Å². The largest absolute Gasteiger partial charge is 0.354 e. The molecule has 0 aromatic heterocycles. The lowest BCUT2D eigenvalue weighted by Crippen LogP contribution is -2.46. The number of nitrogens with one attached hydrogen (secondary N) is 1. The van der Waals surface area contributed by atoms with Crippen molar-refractivity contribution in [1.29, 1.82) is 0 Å². The molecule has 1 saturated carbocycles. The Labute approximate surface area is 178 Å². The standard InChI is InChI=1S/C22H30N4O3S/c1-17-20(18-9-4-2-5-10-18)30(28,29)24-21(17)25-13-8-14-26(16-15-25)22(27)23-19-11-6-3-7-12-19/h2,4-5,9-10,19H,3,6-8,11-16H2,1H3,(H,23,27). The zero-order valence-electron chi connectivity index (χ0n) is 17.5. The van der Waals surface area contributed by atoms with Crippen molar-refractivity contribution in [3.8, 4) is 0 Å². The van der Waals surface area contributed by atoms with Crippen LogP contribution in [0.25, 0.3) is 4.91 Å². The minimum atomic E-state index is -3.72. The van der Waals surface area contributed by atoms with Gasteiger partial charge in [-0.15, -0.1) is 4.40 Å². The molecule has 0 radical (unpaired) electrons. The van der Waals surface area contributed by atoms with E-state index in [2.05, 4.69) is 9.71 Å². The smallest absolute Gasteiger partial charge is 0.317 e. The van der Waals surface area contributed by atoms with Crippen LogP contribution >= 0.6 is 0 Å². The van der Waals surface area contributed by atoms with Gasteiger partial charge < -0.3 is 15.1 Å². The normalized spacial score (nSPS) is 22.6. The van der Waals surface area contributed by atoms with E-state index in [9.17, 15) is 13.2 Å². The fourth-order valence-electron chi connectivity index (χ4n) is 4.62. The third kappa shape index (κ3) is 4.38. The molecule has 8 heteroatoms. The van der Waals surface area contributed by atoms with Crippen LogP contribution in [0, 0.1) is 0 Å². The predicted octanol–water partition coefficient (Wildman–Crippen LogP) is 3.21. The van der Waals surface area contributed by atoms with Crippen molar-refractivity contribution in [3.05, 3.63) is 41.5 Å². The summed E-state index contributed by atoms with van der Waals surface area (Å²) in [5.41, 5.74) is 1.35. The molecule has 4 rings (SSSR count). The van der Waals surface area contributed by atoms with Crippen molar-refractivity contribution in [1.82, 2.24) is 15.1 Å². The van der Waals surface area contributed by atoms with Gasteiger partial charge in [-0.25, -0.2) is 4.79 Å². The van der Waals surface area contributed by atoms with Crippen molar-refractivity contribution in [3.63, 3.8) is 0 Å². The quantitative estimate of drug-likeness (QED) is 0.781. The first-order valence-corrected chi connectivity index (χ1v) is 12.3. The van der Waals surface area contributed by atoms with Gasteiger partial charge in [0.25, 0.3) is 10.0 Å². The van der Waals surface area contributed by atoms with Crippen LogP contribution in [0.3, 0.4) is 0 Å². The fourth-order valence-corrected chi connectivity index (χ4v) is 6.10. The third-order valence-corrected chi connectivity index (χ3v) is 7.66. The molecule has 30 heavy (non-hydrogen) atoms. The summed E-state index contributed by atoms with van der Waals surface area (Å²) in [6.45, 7) is 4.31. The molecule has 0 unspecified atom stereocenters. The lowest BCUT2D eigenvalue weighted by molar-refractivity contribution is 0.192. The van der Waals surface area contributed by atoms with E-state index in [1.165, 1.54) is 19.3 Å². The summed E-state index contributed by atoms with van der Waals surface area (Å²) in [4.78, 5) is 16.9. The van der Waals surface area contributed by atoms with Crippen molar-refractivity contribution >= 4 is 26.8 Å². The first-order valence-electron chi connectivity index (χ1n) is 10.9. The van der Waals surface area contributed by atoms with Crippen LogP contribution in [0.5, 0.6) is 0 Å². The second-order valence-corrected chi connectivity index (χ2v) is 9.86. The van der Waals surface area contributed by atoms with Crippen LogP contribution in [-0.4, -0.2) is 62.3 Å². The van der Waals surface area contributed by atoms with Crippen LogP contribution in [0.1, 0.15) is 51.0 Å². The average Bonchev–Trinajstić information content (AvgIpc) is 2.90. The molecule has 3 aliphatic rings. The Kier molecular flexibility index (Phi) is 6.13. The highest BCUT2D eigenvalue weighted by Gasteiger charge is 2.34. The van der Waals surface area contributed by atoms with E-state index < -0.39 is 10.0 Å².